The minimum atomic E-state index is -4.54. The van der Waals surface area contributed by atoms with Gasteiger partial charge < -0.3 is 14.2 Å². The van der Waals surface area contributed by atoms with Gasteiger partial charge in [-0.05, 0) is 71.6 Å². The molecule has 0 saturated heterocycles. The molecule has 2 aliphatic rings. The Morgan fingerprint density at radius 1 is 0.792 bits per heavy atom. The maximum Gasteiger partial charge on any atom is 0.451 e. The molecule has 11 nitrogen and oxygen atoms in total. The summed E-state index contributed by atoms with van der Waals surface area (Å²) in [6, 6.07) is 18.4. The van der Waals surface area contributed by atoms with E-state index < -0.39 is 12.0 Å². The number of aromatic amines is 2. The molecule has 0 spiro atoms. The minimum Gasteiger partial charge on any atom is -0.451 e. The molecule has 6 heterocycles. The van der Waals surface area contributed by atoms with Crippen molar-refractivity contribution < 1.29 is 17.9 Å². The molecule has 14 heteroatoms. The first-order valence-corrected chi connectivity index (χ1v) is 15.5. The van der Waals surface area contributed by atoms with Crippen LogP contribution >= 0.6 is 0 Å². The highest BCUT2D eigenvalue weighted by Crippen LogP contribution is 2.49. The Kier molecular flexibility index (Phi) is 6.31. The Balaban J connectivity index is 1.07. The van der Waals surface area contributed by atoms with Gasteiger partial charge in [-0.2, -0.15) is 23.4 Å². The van der Waals surface area contributed by atoms with E-state index in [1.165, 1.54) is 4.57 Å². The van der Waals surface area contributed by atoms with Crippen molar-refractivity contribution in [1.82, 2.24) is 45.0 Å². The van der Waals surface area contributed by atoms with E-state index in [2.05, 4.69) is 77.6 Å². The lowest BCUT2D eigenvalue weighted by molar-refractivity contribution is -0.148. The first kappa shape index (κ1) is 28.5. The number of anilines is 2. The lowest BCUT2D eigenvalue weighted by atomic mass is 9.97. The fourth-order valence-corrected chi connectivity index (χ4v) is 6.69. The zero-order valence-corrected chi connectivity index (χ0v) is 25.6. The summed E-state index contributed by atoms with van der Waals surface area (Å²) in [5.41, 5.74) is 7.79. The molecule has 48 heavy (non-hydrogen) atoms. The number of H-pyrrole nitrogens is 2. The first-order valence-electron chi connectivity index (χ1n) is 15.5. The molecule has 2 aliphatic heterocycles. The highest BCUT2D eigenvalue weighted by atomic mass is 19.4. The number of pyridine rings is 1. The topological polar surface area (TPSA) is 117 Å². The van der Waals surface area contributed by atoms with Crippen molar-refractivity contribution in [2.75, 3.05) is 24.5 Å². The van der Waals surface area contributed by atoms with Crippen LogP contribution < -0.4 is 9.64 Å². The number of rotatable bonds is 5. The van der Waals surface area contributed by atoms with Crippen molar-refractivity contribution in [3.8, 4) is 33.8 Å². The van der Waals surface area contributed by atoms with Crippen molar-refractivity contribution in [2.24, 2.45) is 0 Å². The summed E-state index contributed by atoms with van der Waals surface area (Å²) >= 11 is 0. The number of alkyl halides is 3. The van der Waals surface area contributed by atoms with Crippen LogP contribution in [0.15, 0.2) is 73.2 Å². The highest BCUT2D eigenvalue weighted by Gasteiger charge is 2.39. The second kappa shape index (κ2) is 10.6. The molecule has 2 N–H and O–H groups in total. The van der Waals surface area contributed by atoms with E-state index in [1.807, 2.05) is 36.7 Å². The summed E-state index contributed by atoms with van der Waals surface area (Å²) in [5.74, 6) is 1.33. The van der Waals surface area contributed by atoms with Crippen LogP contribution in [0.5, 0.6) is 11.5 Å². The molecule has 0 unspecified atom stereocenters. The van der Waals surface area contributed by atoms with Crippen molar-refractivity contribution in [3.05, 3.63) is 90.4 Å². The number of aryl methyl sites for hydroxylation is 1. The van der Waals surface area contributed by atoms with E-state index in [0.29, 0.717) is 42.8 Å². The predicted molar refractivity (Wildman–Crippen MR) is 173 cm³/mol. The summed E-state index contributed by atoms with van der Waals surface area (Å²) in [4.78, 5) is 9.13. The normalized spacial score (nSPS) is 14.6. The van der Waals surface area contributed by atoms with Crippen LogP contribution in [-0.4, -0.2) is 64.7 Å². The van der Waals surface area contributed by atoms with Gasteiger partial charge in [0.15, 0.2) is 17.3 Å². The van der Waals surface area contributed by atoms with Gasteiger partial charge in [0.25, 0.3) is 0 Å². The molecule has 0 saturated carbocycles. The third-order valence-electron chi connectivity index (χ3n) is 9.16. The average Bonchev–Trinajstić information content (AvgIpc) is 3.85. The maximum absolute atomic E-state index is 13.4. The second-order valence-electron chi connectivity index (χ2n) is 12.1. The molecular weight excluding hydrogens is 621 g/mol. The van der Waals surface area contributed by atoms with Crippen LogP contribution in [0.2, 0.25) is 0 Å². The summed E-state index contributed by atoms with van der Waals surface area (Å²) in [7, 11) is 0. The molecule has 240 valence electrons. The zero-order chi connectivity index (χ0) is 32.6. The van der Waals surface area contributed by atoms with Crippen LogP contribution in [0.4, 0.5) is 24.7 Å². The standard InChI is InChI=1S/C34H27F3N10O/c1-19-10-28-29(14-25(19)21-3-5-27-24(12-21)17-40-42-27)48-30-13-22(20-2-4-26-23(11-20)16-39-41-26)15-38-32(30)46(28)8-6-45-7-9-47-31(18-45)43-44-33(47)34(35,36)37/h2-5,10-17H,6-9,18H2,1H3,(H,39,41)(H,40,42). The SMILES string of the molecule is Cc1cc2c(cc1-c1ccc3[nH]ncc3c1)Oc1cc(-c3ccc4[nH]ncc4c3)cnc1N2CCN1CCn2c(nnc2C(F)(F)F)C1. The number of hydrogen-bond donors (Lipinski definition) is 2. The molecule has 0 atom stereocenters. The second-order valence-corrected chi connectivity index (χ2v) is 12.1. The van der Waals surface area contributed by atoms with Gasteiger partial charge in [-0.15, -0.1) is 10.2 Å². The van der Waals surface area contributed by atoms with Gasteiger partial charge in [0.1, 0.15) is 5.82 Å². The maximum atomic E-state index is 13.4. The van der Waals surface area contributed by atoms with Gasteiger partial charge >= 0.3 is 6.18 Å². The zero-order valence-electron chi connectivity index (χ0n) is 25.6. The lowest BCUT2D eigenvalue weighted by Crippen LogP contribution is -2.40. The van der Waals surface area contributed by atoms with E-state index in [-0.39, 0.29) is 13.1 Å². The molecule has 0 radical (unpaired) electrons. The van der Waals surface area contributed by atoms with Crippen LogP contribution in [0.25, 0.3) is 44.1 Å². The molecule has 0 aliphatic carbocycles. The highest BCUT2D eigenvalue weighted by molar-refractivity contribution is 5.88. The van der Waals surface area contributed by atoms with Crippen LogP contribution in [-0.2, 0) is 19.3 Å². The molecule has 3 aromatic carbocycles. The van der Waals surface area contributed by atoms with Crippen molar-refractivity contribution >= 4 is 33.3 Å². The van der Waals surface area contributed by atoms with Crippen LogP contribution in [0.1, 0.15) is 17.2 Å². The Morgan fingerprint density at radius 2 is 1.54 bits per heavy atom. The number of ether oxygens (including phenoxy) is 1. The van der Waals surface area contributed by atoms with Gasteiger partial charge in [0.2, 0.25) is 5.82 Å². The smallest absolute Gasteiger partial charge is 0.451 e. The third kappa shape index (κ3) is 4.75. The fraction of sp³-hybridized carbons (Fsp3) is 0.206. The lowest BCUT2D eigenvalue weighted by Gasteiger charge is -2.35. The minimum absolute atomic E-state index is 0.166. The van der Waals surface area contributed by atoms with E-state index in [1.54, 1.807) is 6.20 Å². The Bertz CT molecular complexity index is 2360. The quantitative estimate of drug-likeness (QED) is 0.208. The summed E-state index contributed by atoms with van der Waals surface area (Å²) in [6.45, 7) is 4.03. The van der Waals surface area contributed by atoms with Crippen molar-refractivity contribution in [1.29, 1.82) is 0 Å². The molecule has 4 aromatic heterocycles. The number of fused-ring (bicyclic) bond motifs is 5. The fourth-order valence-electron chi connectivity index (χ4n) is 6.69. The van der Waals surface area contributed by atoms with Crippen molar-refractivity contribution in [2.45, 2.75) is 26.2 Å². The summed E-state index contributed by atoms with van der Waals surface area (Å²) in [5, 5.41) is 23.6. The van der Waals surface area contributed by atoms with Gasteiger partial charge in [0.05, 0.1) is 35.7 Å². The van der Waals surface area contributed by atoms with E-state index in [4.69, 9.17) is 9.72 Å². The van der Waals surface area contributed by atoms with Gasteiger partial charge in [-0.1, -0.05) is 12.1 Å². The number of nitrogens with one attached hydrogen (secondary N) is 2. The van der Waals surface area contributed by atoms with E-state index >= 15 is 0 Å². The summed E-state index contributed by atoms with van der Waals surface area (Å²) in [6.07, 6.45) is 0.897. The predicted octanol–water partition coefficient (Wildman–Crippen LogP) is 6.85. The molecule has 0 fully saturated rings. The van der Waals surface area contributed by atoms with Crippen LogP contribution in [0.3, 0.4) is 0 Å². The largest absolute Gasteiger partial charge is 0.451 e. The van der Waals surface area contributed by atoms with Gasteiger partial charge in [-0.3, -0.25) is 15.1 Å². The molecule has 0 bridgehead atoms. The third-order valence-corrected chi connectivity index (χ3v) is 9.16. The van der Waals surface area contributed by atoms with Gasteiger partial charge in [-0.25, -0.2) is 4.98 Å². The Hall–Kier alpha value is -5.76. The Labute approximate surface area is 271 Å². The average molecular weight is 649 g/mol. The Morgan fingerprint density at radius 3 is 2.31 bits per heavy atom. The van der Waals surface area contributed by atoms with Crippen molar-refractivity contribution in [3.63, 3.8) is 0 Å². The number of hydrogen-bond acceptors (Lipinski definition) is 8. The first-order chi connectivity index (χ1) is 23.3. The molecule has 0 amide bonds. The van der Waals surface area contributed by atoms with E-state index in [0.717, 1.165) is 55.3 Å². The number of benzene rings is 3. The molecular formula is C34H27F3N10O. The van der Waals surface area contributed by atoms with Gasteiger partial charge in [0, 0.05) is 48.7 Å². The summed E-state index contributed by atoms with van der Waals surface area (Å²) < 4.78 is 48.1. The molecule has 9 rings (SSSR count). The van der Waals surface area contributed by atoms with E-state index in [9.17, 15) is 13.2 Å². The number of aromatic nitrogens is 8. The molecule has 7 aromatic rings. The number of nitrogens with zero attached hydrogens (tertiary/aromatic N) is 8. The monoisotopic (exact) mass is 648 g/mol. The number of halogens is 3. The van der Waals surface area contributed by atoms with Crippen LogP contribution in [0, 0.1) is 6.92 Å².